The van der Waals surface area contributed by atoms with Crippen LogP contribution in [0.5, 0.6) is 23.0 Å². The Morgan fingerprint density at radius 3 is 2.04 bits per heavy atom. The van der Waals surface area contributed by atoms with E-state index in [1.165, 1.54) is 21.3 Å². The number of nitrogens with two attached hydrogens (primary N) is 1. The van der Waals surface area contributed by atoms with Crippen LogP contribution in [0, 0.1) is 0 Å². The third kappa shape index (κ3) is 6.70. The SMILES string of the molecule is CCOC(=O)C1=c2s/c(=C/c3ccc(OC(C)C)c(OC)c3)c(=O)n2C(N)=C(C(=O)OC)C1c1ccc(OC(C)C)c(OC)c1. The molecule has 2 aromatic carbocycles. The van der Waals surface area contributed by atoms with Crippen molar-refractivity contribution >= 4 is 40.7 Å². The fourth-order valence-corrected chi connectivity index (χ4v) is 6.15. The molecule has 1 aliphatic heterocycles. The van der Waals surface area contributed by atoms with E-state index in [9.17, 15) is 14.4 Å². The Balaban J connectivity index is 2.04. The van der Waals surface area contributed by atoms with Gasteiger partial charge in [0.2, 0.25) is 0 Å². The lowest BCUT2D eigenvalue weighted by molar-refractivity contribution is -0.136. The summed E-state index contributed by atoms with van der Waals surface area (Å²) in [5, 5.41) is 0. The Kier molecular flexibility index (Phi) is 10.3. The lowest BCUT2D eigenvalue weighted by Crippen LogP contribution is -2.41. The second kappa shape index (κ2) is 13.9. The maximum Gasteiger partial charge on any atom is 0.338 e. The molecule has 11 nitrogen and oxygen atoms in total. The summed E-state index contributed by atoms with van der Waals surface area (Å²) in [7, 11) is 4.22. The highest BCUT2D eigenvalue weighted by Crippen LogP contribution is 2.41. The van der Waals surface area contributed by atoms with Crippen molar-refractivity contribution < 1.29 is 38.0 Å². The number of fused-ring (bicyclic) bond motifs is 1. The highest BCUT2D eigenvalue weighted by Gasteiger charge is 2.40. The van der Waals surface area contributed by atoms with Crippen molar-refractivity contribution in [1.82, 2.24) is 4.57 Å². The predicted molar refractivity (Wildman–Crippen MR) is 171 cm³/mol. The fraction of sp³-hybridized carbons (Fsp3) is 0.364. The molecule has 2 heterocycles. The number of hydrogen-bond donors (Lipinski definition) is 1. The van der Waals surface area contributed by atoms with Crippen LogP contribution in [0.3, 0.4) is 0 Å². The van der Waals surface area contributed by atoms with Gasteiger partial charge in [0.05, 0.1) is 61.7 Å². The van der Waals surface area contributed by atoms with Crippen LogP contribution in [0.2, 0.25) is 0 Å². The normalized spacial score (nSPS) is 14.8. The molecular formula is C33H38N2O9S. The van der Waals surface area contributed by atoms with E-state index in [1.807, 2.05) is 27.7 Å². The van der Waals surface area contributed by atoms with Crippen LogP contribution in [0.25, 0.3) is 17.5 Å². The standard InChI is InChI=1S/C33H38N2O9S/c1-9-42-33(38)28-26(20-11-13-22(44-18(4)5)24(16-20)40-7)27(32(37)41-8)29(34)35-30(36)25(45-31(28)35)15-19-10-12-21(43-17(2)3)23(14-19)39-6/h10-18,26H,9,34H2,1-8H3/b25-15+. The molecule has 1 aliphatic rings. The van der Waals surface area contributed by atoms with E-state index in [1.54, 1.807) is 49.4 Å². The van der Waals surface area contributed by atoms with Gasteiger partial charge in [0.1, 0.15) is 10.5 Å². The van der Waals surface area contributed by atoms with Gasteiger partial charge in [-0.3, -0.25) is 9.36 Å². The summed E-state index contributed by atoms with van der Waals surface area (Å²) in [5.74, 6) is -0.809. The van der Waals surface area contributed by atoms with Crippen molar-refractivity contribution in [2.24, 2.45) is 5.73 Å². The van der Waals surface area contributed by atoms with Gasteiger partial charge < -0.3 is 34.2 Å². The van der Waals surface area contributed by atoms with Gasteiger partial charge in [-0.2, -0.15) is 0 Å². The molecule has 0 radical (unpaired) electrons. The van der Waals surface area contributed by atoms with E-state index in [0.29, 0.717) is 34.1 Å². The highest BCUT2D eigenvalue weighted by atomic mass is 32.1. The molecular weight excluding hydrogens is 600 g/mol. The van der Waals surface area contributed by atoms with Crippen molar-refractivity contribution in [1.29, 1.82) is 0 Å². The van der Waals surface area contributed by atoms with Crippen molar-refractivity contribution in [2.75, 3.05) is 27.9 Å². The number of nitrogens with zero attached hydrogens (tertiary/aromatic N) is 1. The average molecular weight is 639 g/mol. The van der Waals surface area contributed by atoms with Gasteiger partial charge in [-0.05, 0) is 76.1 Å². The predicted octanol–water partition coefficient (Wildman–Crippen LogP) is 3.14. The van der Waals surface area contributed by atoms with Crippen molar-refractivity contribution in [2.45, 2.75) is 52.7 Å². The molecule has 1 atom stereocenters. The molecule has 2 N–H and O–H groups in total. The van der Waals surface area contributed by atoms with Gasteiger partial charge >= 0.3 is 11.9 Å². The van der Waals surface area contributed by atoms with E-state index < -0.39 is 23.4 Å². The van der Waals surface area contributed by atoms with E-state index in [0.717, 1.165) is 15.9 Å². The number of carbonyl (C=O) groups is 2. The molecule has 0 aliphatic carbocycles. The zero-order valence-electron chi connectivity index (χ0n) is 26.6. The minimum atomic E-state index is -1.04. The van der Waals surface area contributed by atoms with E-state index in [4.69, 9.17) is 34.2 Å². The molecule has 45 heavy (non-hydrogen) atoms. The first-order valence-corrected chi connectivity index (χ1v) is 15.2. The number of aromatic nitrogens is 1. The van der Waals surface area contributed by atoms with Crippen LogP contribution >= 0.6 is 11.3 Å². The van der Waals surface area contributed by atoms with Crippen LogP contribution in [-0.2, 0) is 19.1 Å². The van der Waals surface area contributed by atoms with Crippen molar-refractivity contribution in [3.63, 3.8) is 0 Å². The summed E-state index contributed by atoms with van der Waals surface area (Å²) in [6.07, 6.45) is 1.46. The number of benzene rings is 2. The Hall–Kier alpha value is -4.71. The second-order valence-corrected chi connectivity index (χ2v) is 11.6. The molecule has 0 spiro atoms. The minimum Gasteiger partial charge on any atom is -0.493 e. The number of carbonyl (C=O) groups excluding carboxylic acids is 2. The van der Waals surface area contributed by atoms with Crippen molar-refractivity contribution in [3.8, 4) is 23.0 Å². The number of esters is 2. The van der Waals surface area contributed by atoms with Gasteiger partial charge in [0, 0.05) is 0 Å². The van der Waals surface area contributed by atoms with Crippen LogP contribution in [0.4, 0.5) is 0 Å². The van der Waals surface area contributed by atoms with Gasteiger partial charge in [-0.1, -0.05) is 12.1 Å². The maximum absolute atomic E-state index is 13.9. The van der Waals surface area contributed by atoms with Gasteiger partial charge in [-0.15, -0.1) is 11.3 Å². The quantitative estimate of drug-likeness (QED) is 0.312. The van der Waals surface area contributed by atoms with E-state index >= 15 is 0 Å². The summed E-state index contributed by atoms with van der Waals surface area (Å²) in [4.78, 5) is 40.9. The number of ether oxygens (including phenoxy) is 6. The average Bonchev–Trinajstić information content (AvgIpc) is 3.32. The smallest absolute Gasteiger partial charge is 0.338 e. The summed E-state index contributed by atoms with van der Waals surface area (Å²) < 4.78 is 35.0. The van der Waals surface area contributed by atoms with E-state index in [-0.39, 0.29) is 45.0 Å². The van der Waals surface area contributed by atoms with Gasteiger partial charge in [0.15, 0.2) is 23.0 Å². The zero-order valence-corrected chi connectivity index (χ0v) is 27.4. The molecule has 3 aromatic rings. The third-order valence-electron chi connectivity index (χ3n) is 6.78. The largest absolute Gasteiger partial charge is 0.493 e. The molecule has 0 saturated carbocycles. The lowest BCUT2D eigenvalue weighted by Gasteiger charge is -2.27. The highest BCUT2D eigenvalue weighted by molar-refractivity contribution is 7.07. The molecule has 240 valence electrons. The van der Waals surface area contributed by atoms with Crippen LogP contribution < -0.4 is 39.4 Å². The minimum absolute atomic E-state index is 0.0610. The topological polar surface area (TPSA) is 138 Å². The summed E-state index contributed by atoms with van der Waals surface area (Å²) >= 11 is 1.06. The second-order valence-electron chi connectivity index (χ2n) is 10.6. The lowest BCUT2D eigenvalue weighted by atomic mass is 9.83. The summed E-state index contributed by atoms with van der Waals surface area (Å²) in [6.45, 7) is 9.32. The molecule has 1 aromatic heterocycles. The molecule has 1 unspecified atom stereocenters. The Labute approximate surface area is 265 Å². The van der Waals surface area contributed by atoms with Crippen LogP contribution in [-0.4, -0.2) is 56.6 Å². The number of thiazole rings is 1. The van der Waals surface area contributed by atoms with Gasteiger partial charge in [-0.25, -0.2) is 9.59 Å². The first-order chi connectivity index (χ1) is 21.4. The number of rotatable bonds is 11. The summed E-state index contributed by atoms with van der Waals surface area (Å²) in [6, 6.07) is 10.4. The Morgan fingerprint density at radius 1 is 0.889 bits per heavy atom. The van der Waals surface area contributed by atoms with Crippen LogP contribution in [0.15, 0.2) is 46.8 Å². The molecule has 0 amide bonds. The Bertz CT molecular complexity index is 1820. The fourth-order valence-electron chi connectivity index (χ4n) is 4.99. The van der Waals surface area contributed by atoms with Crippen molar-refractivity contribution in [3.05, 3.63) is 72.6 Å². The number of methoxy groups -OCH3 is 3. The first-order valence-electron chi connectivity index (χ1n) is 14.4. The first kappa shape index (κ1) is 33.2. The van der Waals surface area contributed by atoms with Gasteiger partial charge in [0.25, 0.3) is 5.56 Å². The Morgan fingerprint density at radius 2 is 1.49 bits per heavy atom. The zero-order chi connectivity index (χ0) is 33.0. The molecule has 0 saturated heterocycles. The molecule has 4 rings (SSSR count). The molecule has 12 heteroatoms. The third-order valence-corrected chi connectivity index (χ3v) is 7.89. The van der Waals surface area contributed by atoms with Crippen LogP contribution in [0.1, 0.15) is 51.7 Å². The molecule has 0 fully saturated rings. The maximum atomic E-state index is 13.9. The monoisotopic (exact) mass is 638 g/mol. The molecule has 0 bridgehead atoms. The number of hydrogen-bond acceptors (Lipinski definition) is 11. The van der Waals surface area contributed by atoms with E-state index in [2.05, 4.69) is 0 Å². The summed E-state index contributed by atoms with van der Waals surface area (Å²) in [5.41, 5.74) is 7.18.